The summed E-state index contributed by atoms with van der Waals surface area (Å²) in [6.45, 7) is 0.864. The first kappa shape index (κ1) is 19.6. The fourth-order valence-electron chi connectivity index (χ4n) is 3.51. The van der Waals surface area contributed by atoms with Crippen LogP contribution in [0, 0.1) is 0 Å². The second-order valence-corrected chi connectivity index (χ2v) is 7.46. The van der Waals surface area contributed by atoms with Gasteiger partial charge in [0.2, 0.25) is 0 Å². The highest BCUT2D eigenvalue weighted by Gasteiger charge is 2.32. The Labute approximate surface area is 173 Å². The molecule has 0 radical (unpaired) electrons. The van der Waals surface area contributed by atoms with Crippen LogP contribution in [-0.2, 0) is 0 Å². The molecule has 0 bridgehead atoms. The molecular formula is C23H21N3O4. The van der Waals surface area contributed by atoms with Crippen molar-refractivity contribution in [3.63, 3.8) is 0 Å². The van der Waals surface area contributed by atoms with Gasteiger partial charge < -0.3 is 15.1 Å². The number of phenolic OH excluding ortho intramolecular Hbond substituents is 2. The minimum absolute atomic E-state index is 0.0118. The Bertz CT molecular complexity index is 1200. The SMILES string of the molecule is CN(C)CCN1C(=O)c2cccc3cc(/N=C\c4cc(O)ccc4O)cc(c23)C1=O. The van der Waals surface area contributed by atoms with Gasteiger partial charge >= 0.3 is 0 Å². The number of hydrogen-bond donors (Lipinski definition) is 2. The molecule has 0 fully saturated rings. The molecule has 30 heavy (non-hydrogen) atoms. The maximum atomic E-state index is 13.1. The van der Waals surface area contributed by atoms with E-state index in [1.165, 1.54) is 29.3 Å². The zero-order valence-electron chi connectivity index (χ0n) is 16.7. The third-order valence-electron chi connectivity index (χ3n) is 5.05. The summed E-state index contributed by atoms with van der Waals surface area (Å²) < 4.78 is 0. The zero-order valence-corrected chi connectivity index (χ0v) is 16.7. The summed E-state index contributed by atoms with van der Waals surface area (Å²) in [4.78, 5) is 33.6. The van der Waals surface area contributed by atoms with E-state index in [4.69, 9.17) is 0 Å². The Balaban J connectivity index is 1.78. The van der Waals surface area contributed by atoms with Gasteiger partial charge in [-0.2, -0.15) is 0 Å². The lowest BCUT2D eigenvalue weighted by Gasteiger charge is -2.28. The summed E-state index contributed by atoms with van der Waals surface area (Å²) in [5, 5.41) is 20.9. The van der Waals surface area contributed by atoms with Crippen molar-refractivity contribution in [2.24, 2.45) is 4.99 Å². The standard InChI is InChI=1S/C23H21N3O4/c1-25(2)8-9-26-22(29)18-5-3-4-14-10-16(12-19(21(14)18)23(26)30)24-13-15-11-17(27)6-7-20(15)28/h3-7,10-13,27-28H,8-9H2,1-2H3/b24-13-. The normalized spacial score (nSPS) is 13.8. The molecule has 152 valence electrons. The largest absolute Gasteiger partial charge is 0.508 e. The van der Waals surface area contributed by atoms with Crippen LogP contribution in [0.3, 0.4) is 0 Å². The van der Waals surface area contributed by atoms with Gasteiger partial charge in [-0.1, -0.05) is 12.1 Å². The molecule has 7 heteroatoms. The Morgan fingerprint density at radius 1 is 1.00 bits per heavy atom. The van der Waals surface area contributed by atoms with Gasteiger partial charge in [-0.3, -0.25) is 19.5 Å². The van der Waals surface area contributed by atoms with E-state index in [1.54, 1.807) is 24.3 Å². The summed E-state index contributed by atoms with van der Waals surface area (Å²) in [6.07, 6.45) is 1.43. The molecule has 0 atom stereocenters. The molecular weight excluding hydrogens is 382 g/mol. The monoisotopic (exact) mass is 403 g/mol. The average molecular weight is 403 g/mol. The molecule has 7 nitrogen and oxygen atoms in total. The van der Waals surface area contributed by atoms with Gasteiger partial charge in [0.15, 0.2) is 0 Å². The molecule has 1 heterocycles. The van der Waals surface area contributed by atoms with Crippen molar-refractivity contribution >= 4 is 34.5 Å². The molecule has 0 aliphatic carbocycles. The van der Waals surface area contributed by atoms with E-state index in [9.17, 15) is 19.8 Å². The topological polar surface area (TPSA) is 93.4 Å². The highest BCUT2D eigenvalue weighted by atomic mass is 16.3. The third kappa shape index (κ3) is 3.51. The Morgan fingerprint density at radius 3 is 2.53 bits per heavy atom. The van der Waals surface area contributed by atoms with Crippen molar-refractivity contribution in [2.75, 3.05) is 27.2 Å². The van der Waals surface area contributed by atoms with Crippen LogP contribution in [0.4, 0.5) is 5.69 Å². The minimum Gasteiger partial charge on any atom is -0.508 e. The fourth-order valence-corrected chi connectivity index (χ4v) is 3.51. The lowest BCUT2D eigenvalue weighted by molar-refractivity contribution is 0.0601. The van der Waals surface area contributed by atoms with Crippen LogP contribution in [0.15, 0.2) is 53.5 Å². The molecule has 0 saturated carbocycles. The minimum atomic E-state index is -0.345. The molecule has 0 unspecified atom stereocenters. The first-order valence-electron chi connectivity index (χ1n) is 9.49. The number of aliphatic imine (C=N–C) groups is 1. The van der Waals surface area contributed by atoms with Crippen LogP contribution >= 0.6 is 0 Å². The van der Waals surface area contributed by atoms with Gasteiger partial charge in [0.25, 0.3) is 11.8 Å². The summed E-state index contributed by atoms with van der Waals surface area (Å²) in [5.74, 6) is -0.640. The first-order valence-corrected chi connectivity index (χ1v) is 9.49. The van der Waals surface area contributed by atoms with E-state index in [0.717, 1.165) is 5.39 Å². The molecule has 2 amide bonds. The van der Waals surface area contributed by atoms with E-state index in [1.807, 2.05) is 25.1 Å². The van der Waals surface area contributed by atoms with E-state index in [2.05, 4.69) is 4.99 Å². The number of likely N-dealkylation sites (N-methyl/N-ethyl adjacent to an activating group) is 1. The molecule has 3 aromatic carbocycles. The molecule has 0 aromatic heterocycles. The predicted octanol–water partition coefficient (Wildman–Crippen LogP) is 3.16. The Morgan fingerprint density at radius 2 is 1.77 bits per heavy atom. The predicted molar refractivity (Wildman–Crippen MR) is 115 cm³/mol. The van der Waals surface area contributed by atoms with Gasteiger partial charge in [0, 0.05) is 35.8 Å². The average Bonchev–Trinajstić information content (AvgIpc) is 2.72. The highest BCUT2D eigenvalue weighted by Crippen LogP contribution is 2.34. The van der Waals surface area contributed by atoms with Crippen molar-refractivity contribution in [2.45, 2.75) is 0 Å². The lowest BCUT2D eigenvalue weighted by atomic mass is 9.93. The van der Waals surface area contributed by atoms with Crippen molar-refractivity contribution < 1.29 is 19.8 Å². The van der Waals surface area contributed by atoms with Crippen molar-refractivity contribution in [1.29, 1.82) is 0 Å². The van der Waals surface area contributed by atoms with E-state index >= 15 is 0 Å². The van der Waals surface area contributed by atoms with Crippen LogP contribution in [0.25, 0.3) is 10.8 Å². The second-order valence-electron chi connectivity index (χ2n) is 7.46. The molecule has 0 saturated heterocycles. The number of aromatic hydroxyl groups is 2. The number of phenols is 2. The molecule has 1 aliphatic heterocycles. The van der Waals surface area contributed by atoms with Gasteiger partial charge in [0.05, 0.1) is 11.3 Å². The van der Waals surface area contributed by atoms with Crippen LogP contribution in [0.5, 0.6) is 11.5 Å². The Hall–Kier alpha value is -3.71. The van der Waals surface area contributed by atoms with Gasteiger partial charge in [-0.25, -0.2) is 0 Å². The van der Waals surface area contributed by atoms with Crippen LogP contribution in [-0.4, -0.2) is 65.2 Å². The number of hydrogen-bond acceptors (Lipinski definition) is 6. The maximum Gasteiger partial charge on any atom is 0.261 e. The number of carbonyl (C=O) groups is 2. The summed E-state index contributed by atoms with van der Waals surface area (Å²) in [7, 11) is 3.77. The molecule has 4 rings (SSSR count). The number of benzene rings is 3. The van der Waals surface area contributed by atoms with Crippen molar-refractivity contribution in [3.8, 4) is 11.5 Å². The van der Waals surface area contributed by atoms with Crippen molar-refractivity contribution in [1.82, 2.24) is 9.80 Å². The molecule has 1 aliphatic rings. The highest BCUT2D eigenvalue weighted by molar-refractivity contribution is 6.26. The number of amides is 2. The lowest BCUT2D eigenvalue weighted by Crippen LogP contribution is -2.43. The first-order chi connectivity index (χ1) is 14.3. The van der Waals surface area contributed by atoms with Crippen LogP contribution in [0.2, 0.25) is 0 Å². The Kier molecular flexibility index (Phi) is 4.97. The number of nitrogens with zero attached hydrogens (tertiary/aromatic N) is 3. The number of imide groups is 1. The second kappa shape index (κ2) is 7.61. The fraction of sp³-hybridized carbons (Fsp3) is 0.174. The molecule has 0 spiro atoms. The van der Waals surface area contributed by atoms with E-state index in [0.29, 0.717) is 40.9 Å². The third-order valence-corrected chi connectivity index (χ3v) is 5.05. The number of rotatable bonds is 5. The van der Waals surface area contributed by atoms with Crippen LogP contribution in [0.1, 0.15) is 26.3 Å². The van der Waals surface area contributed by atoms with Gasteiger partial charge in [-0.15, -0.1) is 0 Å². The van der Waals surface area contributed by atoms with E-state index < -0.39 is 0 Å². The van der Waals surface area contributed by atoms with Crippen molar-refractivity contribution in [3.05, 3.63) is 65.2 Å². The molecule has 2 N–H and O–H groups in total. The number of carbonyl (C=O) groups excluding carboxylic acids is 2. The molecule has 3 aromatic rings. The maximum absolute atomic E-state index is 13.1. The van der Waals surface area contributed by atoms with Crippen LogP contribution < -0.4 is 0 Å². The zero-order chi connectivity index (χ0) is 21.4. The van der Waals surface area contributed by atoms with E-state index in [-0.39, 0.29) is 23.3 Å². The summed E-state index contributed by atoms with van der Waals surface area (Å²) in [5.41, 5.74) is 1.79. The quantitative estimate of drug-likeness (QED) is 0.388. The van der Waals surface area contributed by atoms with Gasteiger partial charge in [-0.05, 0) is 55.9 Å². The van der Waals surface area contributed by atoms with Gasteiger partial charge in [0.1, 0.15) is 11.5 Å². The smallest absolute Gasteiger partial charge is 0.261 e. The summed E-state index contributed by atoms with van der Waals surface area (Å²) >= 11 is 0. The summed E-state index contributed by atoms with van der Waals surface area (Å²) in [6, 6.07) is 13.0.